The molecule has 0 radical (unpaired) electrons. The number of ether oxygens (including phenoxy) is 1. The minimum Gasteiger partial charge on any atom is -0.497 e. The van der Waals surface area contributed by atoms with Crippen LogP contribution in [0.1, 0.15) is 31.9 Å². The number of halogens is 1. The SMILES string of the molecule is COc1ccc2c(c1)C(Nc1ccc(Cl)cc1)CC(C)N2C(C)=O. The third-order valence-electron chi connectivity index (χ3n) is 4.41. The lowest BCUT2D eigenvalue weighted by Gasteiger charge is -2.39. The highest BCUT2D eigenvalue weighted by molar-refractivity contribution is 6.30. The topological polar surface area (TPSA) is 41.6 Å². The number of carbonyl (C=O) groups is 1. The molecule has 1 N–H and O–H groups in total. The molecule has 0 saturated carbocycles. The summed E-state index contributed by atoms with van der Waals surface area (Å²) in [6.07, 6.45) is 0.822. The molecule has 0 aliphatic carbocycles. The van der Waals surface area contributed by atoms with Crippen molar-refractivity contribution in [2.75, 3.05) is 17.3 Å². The number of nitrogens with zero attached hydrogens (tertiary/aromatic N) is 1. The van der Waals surface area contributed by atoms with Crippen molar-refractivity contribution < 1.29 is 9.53 Å². The van der Waals surface area contributed by atoms with Crippen LogP contribution in [0.4, 0.5) is 11.4 Å². The Labute approximate surface area is 147 Å². The van der Waals surface area contributed by atoms with Gasteiger partial charge in [0.15, 0.2) is 0 Å². The van der Waals surface area contributed by atoms with Gasteiger partial charge in [-0.05, 0) is 55.8 Å². The molecule has 2 aromatic carbocycles. The second kappa shape index (κ2) is 6.73. The first-order valence-corrected chi connectivity index (χ1v) is 8.37. The van der Waals surface area contributed by atoms with Crippen LogP contribution in [0.3, 0.4) is 0 Å². The standard InChI is InChI=1S/C19H21ClN2O2/c1-12-10-18(21-15-6-4-14(20)5-7-15)17-11-16(24-3)8-9-19(17)22(12)13(2)23/h4-9,11-12,18,21H,10H2,1-3H3. The molecule has 2 aromatic rings. The Morgan fingerprint density at radius 1 is 1.25 bits per heavy atom. The summed E-state index contributed by atoms with van der Waals surface area (Å²) in [4.78, 5) is 13.9. The summed E-state index contributed by atoms with van der Waals surface area (Å²) in [6, 6.07) is 13.7. The van der Waals surface area contributed by atoms with Crippen molar-refractivity contribution in [3.8, 4) is 5.75 Å². The quantitative estimate of drug-likeness (QED) is 0.881. The fourth-order valence-electron chi connectivity index (χ4n) is 3.33. The number of benzene rings is 2. The summed E-state index contributed by atoms with van der Waals surface area (Å²) >= 11 is 5.96. The summed E-state index contributed by atoms with van der Waals surface area (Å²) in [5, 5.41) is 4.26. The Morgan fingerprint density at radius 3 is 2.58 bits per heavy atom. The number of hydrogen-bond acceptors (Lipinski definition) is 3. The van der Waals surface area contributed by atoms with Crippen LogP contribution in [0, 0.1) is 0 Å². The smallest absolute Gasteiger partial charge is 0.224 e. The van der Waals surface area contributed by atoms with Crippen molar-refractivity contribution in [2.45, 2.75) is 32.4 Å². The zero-order valence-electron chi connectivity index (χ0n) is 14.0. The number of rotatable bonds is 3. The number of carbonyl (C=O) groups excluding carboxylic acids is 1. The molecule has 2 atom stereocenters. The summed E-state index contributed by atoms with van der Waals surface area (Å²) in [5.74, 6) is 0.841. The lowest BCUT2D eigenvalue weighted by Crippen LogP contribution is -2.43. The summed E-state index contributed by atoms with van der Waals surface area (Å²) < 4.78 is 5.37. The van der Waals surface area contributed by atoms with E-state index in [0.29, 0.717) is 5.02 Å². The first-order valence-electron chi connectivity index (χ1n) is 7.99. The van der Waals surface area contributed by atoms with Crippen LogP contribution in [0.2, 0.25) is 5.02 Å². The van der Waals surface area contributed by atoms with Crippen LogP contribution in [0.25, 0.3) is 0 Å². The highest BCUT2D eigenvalue weighted by atomic mass is 35.5. The molecule has 2 unspecified atom stereocenters. The molecular weight excluding hydrogens is 324 g/mol. The lowest BCUT2D eigenvalue weighted by molar-refractivity contribution is -0.117. The van der Waals surface area contributed by atoms with Crippen LogP contribution in [0.5, 0.6) is 5.75 Å². The first-order chi connectivity index (χ1) is 11.5. The molecule has 4 nitrogen and oxygen atoms in total. The van der Waals surface area contributed by atoms with Crippen LogP contribution in [0.15, 0.2) is 42.5 Å². The highest BCUT2D eigenvalue weighted by Crippen LogP contribution is 2.40. The van der Waals surface area contributed by atoms with Crippen LogP contribution in [-0.2, 0) is 4.79 Å². The van der Waals surface area contributed by atoms with Gasteiger partial charge < -0.3 is 15.0 Å². The lowest BCUT2D eigenvalue weighted by atomic mass is 9.91. The van der Waals surface area contributed by atoms with E-state index in [-0.39, 0.29) is 18.0 Å². The number of methoxy groups -OCH3 is 1. The molecule has 5 heteroatoms. The van der Waals surface area contributed by atoms with Crippen molar-refractivity contribution >= 4 is 28.9 Å². The molecule has 0 bridgehead atoms. The molecule has 3 rings (SSSR count). The third kappa shape index (κ3) is 3.20. The highest BCUT2D eigenvalue weighted by Gasteiger charge is 2.32. The molecule has 1 heterocycles. The van der Waals surface area contributed by atoms with E-state index in [2.05, 4.69) is 12.2 Å². The number of nitrogens with one attached hydrogen (secondary N) is 1. The Morgan fingerprint density at radius 2 is 1.96 bits per heavy atom. The van der Waals surface area contributed by atoms with Gasteiger partial charge in [0.25, 0.3) is 0 Å². The molecule has 126 valence electrons. The zero-order chi connectivity index (χ0) is 17.3. The number of fused-ring (bicyclic) bond motifs is 1. The third-order valence-corrected chi connectivity index (χ3v) is 4.66. The maximum atomic E-state index is 12.1. The van der Waals surface area contributed by atoms with E-state index < -0.39 is 0 Å². The van der Waals surface area contributed by atoms with Gasteiger partial charge in [0.05, 0.1) is 13.2 Å². The van der Waals surface area contributed by atoms with Crippen molar-refractivity contribution in [2.24, 2.45) is 0 Å². The van der Waals surface area contributed by atoms with Gasteiger partial charge in [0.2, 0.25) is 5.91 Å². The van der Waals surface area contributed by atoms with Crippen LogP contribution >= 0.6 is 11.6 Å². The van der Waals surface area contributed by atoms with Gasteiger partial charge in [-0.15, -0.1) is 0 Å². The Balaban J connectivity index is 1.99. The van der Waals surface area contributed by atoms with Gasteiger partial charge in [-0.2, -0.15) is 0 Å². The minimum atomic E-state index is 0.0545. The molecule has 1 aliphatic rings. The number of amides is 1. The zero-order valence-corrected chi connectivity index (χ0v) is 14.8. The van der Waals surface area contributed by atoms with Crippen molar-refractivity contribution in [3.63, 3.8) is 0 Å². The maximum Gasteiger partial charge on any atom is 0.224 e. The average Bonchev–Trinajstić information content (AvgIpc) is 2.56. The minimum absolute atomic E-state index is 0.0545. The summed E-state index contributed by atoms with van der Waals surface area (Å²) in [7, 11) is 1.65. The number of hydrogen-bond donors (Lipinski definition) is 1. The second-order valence-electron chi connectivity index (χ2n) is 6.10. The van der Waals surface area contributed by atoms with Crippen LogP contribution in [-0.4, -0.2) is 19.1 Å². The summed E-state index contributed by atoms with van der Waals surface area (Å²) in [6.45, 7) is 3.68. The average molecular weight is 345 g/mol. The molecular formula is C19H21ClN2O2. The Kier molecular flexibility index (Phi) is 4.67. The van der Waals surface area contributed by atoms with Crippen LogP contribution < -0.4 is 15.0 Å². The van der Waals surface area contributed by atoms with Gasteiger partial charge in [0.1, 0.15) is 5.75 Å². The first kappa shape index (κ1) is 16.7. The molecule has 0 saturated heterocycles. The monoisotopic (exact) mass is 344 g/mol. The van der Waals surface area contributed by atoms with Crippen molar-refractivity contribution in [1.29, 1.82) is 0 Å². The van der Waals surface area contributed by atoms with Gasteiger partial charge in [-0.3, -0.25) is 4.79 Å². The molecule has 0 aromatic heterocycles. The van der Waals surface area contributed by atoms with E-state index in [1.54, 1.807) is 14.0 Å². The molecule has 1 amide bonds. The van der Waals surface area contributed by atoms with Crippen molar-refractivity contribution in [3.05, 3.63) is 53.1 Å². The Bertz CT molecular complexity index is 746. The van der Waals surface area contributed by atoms with E-state index in [0.717, 1.165) is 29.1 Å². The number of anilines is 2. The molecule has 24 heavy (non-hydrogen) atoms. The fraction of sp³-hybridized carbons (Fsp3) is 0.316. The van der Waals surface area contributed by atoms with Gasteiger partial charge in [0, 0.05) is 34.9 Å². The predicted molar refractivity (Wildman–Crippen MR) is 98.0 cm³/mol. The Hall–Kier alpha value is -2.20. The van der Waals surface area contributed by atoms with Gasteiger partial charge in [-0.25, -0.2) is 0 Å². The second-order valence-corrected chi connectivity index (χ2v) is 6.54. The van der Waals surface area contributed by atoms with E-state index in [9.17, 15) is 4.79 Å². The molecule has 1 aliphatic heterocycles. The van der Waals surface area contributed by atoms with Crippen molar-refractivity contribution in [1.82, 2.24) is 0 Å². The largest absolute Gasteiger partial charge is 0.497 e. The summed E-state index contributed by atoms with van der Waals surface area (Å²) in [5.41, 5.74) is 3.01. The fourth-order valence-corrected chi connectivity index (χ4v) is 3.46. The normalized spacial score (nSPS) is 19.6. The predicted octanol–water partition coefficient (Wildman–Crippen LogP) is 4.65. The van der Waals surface area contributed by atoms with E-state index >= 15 is 0 Å². The van der Waals surface area contributed by atoms with E-state index in [1.807, 2.05) is 47.4 Å². The van der Waals surface area contributed by atoms with Gasteiger partial charge >= 0.3 is 0 Å². The van der Waals surface area contributed by atoms with Gasteiger partial charge in [-0.1, -0.05) is 11.6 Å². The van der Waals surface area contributed by atoms with E-state index in [1.165, 1.54) is 0 Å². The van der Waals surface area contributed by atoms with E-state index in [4.69, 9.17) is 16.3 Å². The maximum absolute atomic E-state index is 12.1. The molecule has 0 fully saturated rings. The molecule has 0 spiro atoms.